The van der Waals surface area contributed by atoms with E-state index in [1.807, 2.05) is 0 Å². The average molecular weight is 292 g/mol. The molecule has 0 saturated heterocycles. The van der Waals surface area contributed by atoms with Crippen molar-refractivity contribution in [3.63, 3.8) is 0 Å². The zero-order valence-corrected chi connectivity index (χ0v) is 11.7. The maximum atomic E-state index is 12.1. The minimum absolute atomic E-state index is 0.249. The molecule has 0 aromatic heterocycles. The number of hydrogen-bond acceptors (Lipinski definition) is 4. The Bertz CT molecular complexity index is 586. The zero-order chi connectivity index (χ0) is 15.6. The van der Waals surface area contributed by atoms with Crippen LogP contribution in [0.25, 0.3) is 0 Å². The minimum Gasteiger partial charge on any atom is -0.480 e. The predicted octanol–water partition coefficient (Wildman–Crippen LogP) is 0.390. The summed E-state index contributed by atoms with van der Waals surface area (Å²) in [4.78, 5) is 36.1. The number of benzene rings is 1. The van der Waals surface area contributed by atoms with Crippen molar-refractivity contribution in [1.82, 2.24) is 5.32 Å². The number of nitrogens with zero attached hydrogens (tertiary/aromatic N) is 1. The quantitative estimate of drug-likeness (QED) is 0.837. The molecular formula is C14H16N2O5. The number of anilines is 1. The smallest absolute Gasteiger partial charge is 0.325 e. The summed E-state index contributed by atoms with van der Waals surface area (Å²) >= 11 is 0. The van der Waals surface area contributed by atoms with E-state index in [0.29, 0.717) is 11.4 Å². The third-order valence-electron chi connectivity index (χ3n) is 3.12. The Balaban J connectivity index is 2.17. The molecule has 0 aliphatic carbocycles. The fourth-order valence-corrected chi connectivity index (χ4v) is 2.01. The highest BCUT2D eigenvalue weighted by Gasteiger charge is 2.32. The number of aliphatic carboxylic acids is 1. The number of carbonyl (C=O) groups is 3. The maximum absolute atomic E-state index is 12.1. The first-order valence-corrected chi connectivity index (χ1v) is 6.49. The third kappa shape index (κ3) is 3.13. The van der Waals surface area contributed by atoms with Crippen LogP contribution in [0.15, 0.2) is 24.3 Å². The van der Waals surface area contributed by atoms with Gasteiger partial charge in [-0.15, -0.1) is 0 Å². The van der Waals surface area contributed by atoms with Gasteiger partial charge in [-0.25, -0.2) is 0 Å². The molecule has 2 rings (SSSR count). The Morgan fingerprint density at radius 1 is 1.43 bits per heavy atom. The van der Waals surface area contributed by atoms with Crippen molar-refractivity contribution in [2.24, 2.45) is 0 Å². The van der Waals surface area contributed by atoms with Crippen molar-refractivity contribution >= 4 is 23.5 Å². The van der Waals surface area contributed by atoms with Crippen LogP contribution in [0.4, 0.5) is 5.69 Å². The van der Waals surface area contributed by atoms with Crippen LogP contribution in [-0.2, 0) is 14.4 Å². The van der Waals surface area contributed by atoms with Crippen molar-refractivity contribution in [2.45, 2.75) is 26.0 Å². The van der Waals surface area contributed by atoms with E-state index in [2.05, 4.69) is 5.32 Å². The first-order valence-electron chi connectivity index (χ1n) is 6.49. The molecule has 1 aromatic carbocycles. The number of carboxylic acids is 1. The molecule has 1 heterocycles. The Morgan fingerprint density at radius 2 is 2.10 bits per heavy atom. The Kier molecular flexibility index (Phi) is 4.11. The summed E-state index contributed by atoms with van der Waals surface area (Å²) in [5.74, 6) is -1.50. The van der Waals surface area contributed by atoms with Crippen LogP contribution in [0.3, 0.4) is 0 Å². The lowest BCUT2D eigenvalue weighted by Crippen LogP contribution is -2.50. The van der Waals surface area contributed by atoms with Gasteiger partial charge in [0.15, 0.2) is 6.10 Å². The molecule has 0 bridgehead atoms. The van der Waals surface area contributed by atoms with Gasteiger partial charge in [0.05, 0.1) is 5.69 Å². The van der Waals surface area contributed by atoms with Crippen molar-refractivity contribution in [3.8, 4) is 5.75 Å². The summed E-state index contributed by atoms with van der Waals surface area (Å²) in [5.41, 5.74) is 0.499. The number of ether oxygens (including phenoxy) is 1. The zero-order valence-electron chi connectivity index (χ0n) is 11.7. The van der Waals surface area contributed by atoms with E-state index < -0.39 is 24.0 Å². The van der Waals surface area contributed by atoms with Crippen LogP contribution >= 0.6 is 0 Å². The molecule has 1 aromatic rings. The molecule has 7 nitrogen and oxygen atoms in total. The van der Waals surface area contributed by atoms with Crippen LogP contribution in [0.2, 0.25) is 0 Å². The standard InChI is InChI=1S/C14H16N2O5/c1-8(14(19)20)15-12(17)7-16-10-5-3-4-6-11(10)21-9(2)13(16)18/h3-6,8-9H,7H2,1-2H3,(H,15,17)(H,19,20)/t8-,9?/m0/s1. The van der Waals surface area contributed by atoms with Crippen molar-refractivity contribution in [3.05, 3.63) is 24.3 Å². The molecule has 0 saturated carbocycles. The predicted molar refractivity (Wildman–Crippen MR) is 74.1 cm³/mol. The van der Waals surface area contributed by atoms with E-state index in [0.717, 1.165) is 0 Å². The maximum Gasteiger partial charge on any atom is 0.325 e. The molecule has 0 radical (unpaired) electrons. The number of fused-ring (bicyclic) bond motifs is 1. The van der Waals surface area contributed by atoms with Crippen LogP contribution in [0.5, 0.6) is 5.75 Å². The second-order valence-corrected chi connectivity index (χ2v) is 4.78. The number of nitrogens with one attached hydrogen (secondary N) is 1. The first kappa shape index (κ1) is 14.8. The van der Waals surface area contributed by atoms with Crippen LogP contribution in [0, 0.1) is 0 Å². The highest BCUT2D eigenvalue weighted by Crippen LogP contribution is 2.33. The molecule has 7 heteroatoms. The van der Waals surface area contributed by atoms with Gasteiger partial charge >= 0.3 is 5.97 Å². The van der Waals surface area contributed by atoms with Gasteiger partial charge in [-0.2, -0.15) is 0 Å². The molecule has 0 spiro atoms. The van der Waals surface area contributed by atoms with Crippen molar-refractivity contribution in [1.29, 1.82) is 0 Å². The topological polar surface area (TPSA) is 95.9 Å². The van der Waals surface area contributed by atoms with E-state index in [4.69, 9.17) is 9.84 Å². The van der Waals surface area contributed by atoms with E-state index in [1.54, 1.807) is 31.2 Å². The van der Waals surface area contributed by atoms with Gasteiger partial charge in [0.2, 0.25) is 5.91 Å². The lowest BCUT2D eigenvalue weighted by atomic mass is 10.2. The number of hydrogen-bond donors (Lipinski definition) is 2. The molecule has 112 valence electrons. The SMILES string of the molecule is CC1Oc2ccccc2N(CC(=O)N[C@@H](C)C(=O)O)C1=O. The third-order valence-corrected chi connectivity index (χ3v) is 3.12. The summed E-state index contributed by atoms with van der Waals surface area (Å²) in [6.07, 6.45) is -0.690. The second kappa shape index (κ2) is 5.82. The summed E-state index contributed by atoms with van der Waals surface area (Å²) in [7, 11) is 0. The molecule has 1 aliphatic heterocycles. The summed E-state index contributed by atoms with van der Waals surface area (Å²) in [6, 6.07) is 5.87. The highest BCUT2D eigenvalue weighted by atomic mass is 16.5. The number of carbonyl (C=O) groups excluding carboxylic acids is 2. The van der Waals surface area contributed by atoms with Gasteiger partial charge in [-0.05, 0) is 26.0 Å². The largest absolute Gasteiger partial charge is 0.480 e. The molecule has 1 unspecified atom stereocenters. The fourth-order valence-electron chi connectivity index (χ4n) is 2.01. The fraction of sp³-hybridized carbons (Fsp3) is 0.357. The lowest BCUT2D eigenvalue weighted by Gasteiger charge is -2.32. The molecule has 2 N–H and O–H groups in total. The molecule has 1 aliphatic rings. The van der Waals surface area contributed by atoms with Gasteiger partial charge in [0, 0.05) is 0 Å². The van der Waals surface area contributed by atoms with Gasteiger partial charge in [0.25, 0.3) is 5.91 Å². The minimum atomic E-state index is -1.13. The Labute approximate surface area is 121 Å². The molecule has 21 heavy (non-hydrogen) atoms. The molecule has 0 fully saturated rings. The molecule has 2 atom stereocenters. The summed E-state index contributed by atoms with van der Waals surface area (Å²) in [6.45, 7) is 2.71. The number of amides is 2. The number of carboxylic acid groups (broad SMARTS) is 1. The number of para-hydroxylation sites is 2. The van der Waals surface area contributed by atoms with Crippen LogP contribution in [-0.4, -0.2) is 41.6 Å². The Hall–Kier alpha value is -2.57. The van der Waals surface area contributed by atoms with Gasteiger partial charge in [0.1, 0.15) is 18.3 Å². The van der Waals surface area contributed by atoms with Crippen LogP contribution in [0.1, 0.15) is 13.8 Å². The number of rotatable bonds is 4. The summed E-state index contributed by atoms with van der Waals surface area (Å²) < 4.78 is 5.46. The summed E-state index contributed by atoms with van der Waals surface area (Å²) in [5, 5.41) is 11.1. The van der Waals surface area contributed by atoms with Gasteiger partial charge < -0.3 is 15.2 Å². The van der Waals surface area contributed by atoms with Gasteiger partial charge in [-0.3, -0.25) is 19.3 Å². The van der Waals surface area contributed by atoms with Gasteiger partial charge in [-0.1, -0.05) is 12.1 Å². The Morgan fingerprint density at radius 3 is 2.76 bits per heavy atom. The van der Waals surface area contributed by atoms with E-state index in [-0.39, 0.29) is 12.5 Å². The monoisotopic (exact) mass is 292 g/mol. The van der Waals surface area contributed by atoms with E-state index >= 15 is 0 Å². The first-order chi connectivity index (χ1) is 9.90. The lowest BCUT2D eigenvalue weighted by molar-refractivity contribution is -0.141. The second-order valence-electron chi connectivity index (χ2n) is 4.78. The highest BCUT2D eigenvalue weighted by molar-refractivity contribution is 6.03. The molecule has 2 amide bonds. The molecular weight excluding hydrogens is 276 g/mol. The van der Waals surface area contributed by atoms with Crippen molar-refractivity contribution < 1.29 is 24.2 Å². The van der Waals surface area contributed by atoms with E-state index in [9.17, 15) is 14.4 Å². The van der Waals surface area contributed by atoms with Crippen molar-refractivity contribution in [2.75, 3.05) is 11.4 Å². The van der Waals surface area contributed by atoms with E-state index in [1.165, 1.54) is 11.8 Å². The average Bonchev–Trinajstić information content (AvgIpc) is 2.43. The normalized spacial score (nSPS) is 18.5. The van der Waals surface area contributed by atoms with Crippen LogP contribution < -0.4 is 15.0 Å².